The van der Waals surface area contributed by atoms with Gasteiger partial charge in [0.2, 0.25) is 0 Å². The Balaban J connectivity index is 2.18. The van der Waals surface area contributed by atoms with Gasteiger partial charge in [-0.2, -0.15) is 0 Å². The lowest BCUT2D eigenvalue weighted by Crippen LogP contribution is -2.30. The highest BCUT2D eigenvalue weighted by molar-refractivity contribution is 9.11. The number of hydrogen-bond acceptors (Lipinski definition) is 3. The van der Waals surface area contributed by atoms with E-state index in [4.69, 9.17) is 10.5 Å². The molecule has 0 radical (unpaired) electrons. The van der Waals surface area contributed by atoms with Crippen molar-refractivity contribution < 1.29 is 4.74 Å². The lowest BCUT2D eigenvalue weighted by molar-refractivity contribution is 0.174. The predicted octanol–water partition coefficient (Wildman–Crippen LogP) is 5.49. The first-order chi connectivity index (χ1) is 10.0. The molecule has 0 spiro atoms. The molecule has 2 N–H and O–H groups in total. The van der Waals surface area contributed by atoms with Gasteiger partial charge in [-0.25, -0.2) is 0 Å². The molecule has 1 heterocycles. The van der Waals surface area contributed by atoms with E-state index in [0.717, 1.165) is 20.8 Å². The summed E-state index contributed by atoms with van der Waals surface area (Å²) >= 11 is 5.18. The van der Waals surface area contributed by atoms with Crippen LogP contribution in [0.3, 0.4) is 0 Å². The smallest absolute Gasteiger partial charge is 0.148 e. The van der Waals surface area contributed by atoms with Gasteiger partial charge in [-0.05, 0) is 58.1 Å². The van der Waals surface area contributed by atoms with Crippen LogP contribution in [-0.2, 0) is 0 Å². The van der Waals surface area contributed by atoms with E-state index in [1.54, 1.807) is 11.3 Å². The van der Waals surface area contributed by atoms with Crippen molar-refractivity contribution in [1.82, 2.24) is 0 Å². The molecule has 2 atom stereocenters. The zero-order valence-electron chi connectivity index (χ0n) is 12.7. The zero-order valence-corrected chi connectivity index (χ0v) is 15.1. The van der Waals surface area contributed by atoms with Crippen LogP contribution in [0.1, 0.15) is 49.7 Å². The third kappa shape index (κ3) is 4.31. The van der Waals surface area contributed by atoms with Gasteiger partial charge in [0, 0.05) is 10.9 Å². The molecule has 114 valence electrons. The number of thiophene rings is 1. The normalized spacial score (nSPS) is 14.2. The van der Waals surface area contributed by atoms with Gasteiger partial charge in [0.05, 0.1) is 3.79 Å². The molecule has 2 aromatic rings. The molecule has 0 aliphatic rings. The Bertz CT molecular complexity index is 564. The number of hydrogen-bond donors (Lipinski definition) is 1. The van der Waals surface area contributed by atoms with Crippen molar-refractivity contribution in [1.29, 1.82) is 0 Å². The molecule has 0 amide bonds. The van der Waals surface area contributed by atoms with Crippen LogP contribution >= 0.6 is 27.3 Å². The second-order valence-corrected chi connectivity index (χ2v) is 7.97. The molecule has 1 aromatic carbocycles. The van der Waals surface area contributed by atoms with Crippen LogP contribution in [-0.4, -0.2) is 6.04 Å². The molecule has 2 nitrogen and oxygen atoms in total. The summed E-state index contributed by atoms with van der Waals surface area (Å²) in [4.78, 5) is 1.16. The Labute approximate surface area is 139 Å². The topological polar surface area (TPSA) is 35.2 Å². The van der Waals surface area contributed by atoms with Crippen LogP contribution in [0.5, 0.6) is 5.75 Å². The average Bonchev–Trinajstić information content (AvgIpc) is 2.90. The van der Waals surface area contributed by atoms with Crippen molar-refractivity contribution >= 4 is 27.3 Å². The summed E-state index contributed by atoms with van der Waals surface area (Å²) in [6, 6.07) is 12.4. The van der Waals surface area contributed by atoms with Gasteiger partial charge in [-0.1, -0.05) is 32.9 Å². The molecular weight excluding hydrogens is 346 g/mol. The van der Waals surface area contributed by atoms with Gasteiger partial charge in [-0.15, -0.1) is 11.3 Å². The Morgan fingerprint density at radius 1 is 1.14 bits per heavy atom. The summed E-state index contributed by atoms with van der Waals surface area (Å²) in [5.74, 6) is 1.40. The van der Waals surface area contributed by atoms with Gasteiger partial charge in [0.1, 0.15) is 11.9 Å². The minimum atomic E-state index is -0.101. The van der Waals surface area contributed by atoms with Crippen molar-refractivity contribution in [2.75, 3.05) is 0 Å². The zero-order chi connectivity index (χ0) is 15.4. The third-order valence-corrected chi connectivity index (χ3v) is 5.23. The highest BCUT2D eigenvalue weighted by Crippen LogP contribution is 2.33. The van der Waals surface area contributed by atoms with Crippen LogP contribution in [0.4, 0.5) is 0 Å². The Morgan fingerprint density at radius 2 is 1.81 bits per heavy atom. The summed E-state index contributed by atoms with van der Waals surface area (Å²) in [6.07, 6.45) is 0.778. The SMILES string of the molecule is CCC(N)C(Oc1ccc(C(C)C)cc1)c1ccc(Br)s1. The number of rotatable bonds is 6. The maximum absolute atomic E-state index is 6.25. The maximum Gasteiger partial charge on any atom is 0.148 e. The number of halogens is 1. The summed E-state index contributed by atoms with van der Waals surface area (Å²) in [7, 11) is 0. The Morgan fingerprint density at radius 3 is 2.29 bits per heavy atom. The van der Waals surface area contributed by atoms with Crippen molar-refractivity contribution in [3.8, 4) is 5.75 Å². The first-order valence-corrected chi connectivity index (χ1v) is 8.89. The summed E-state index contributed by atoms with van der Waals surface area (Å²) in [6.45, 7) is 6.47. The lowest BCUT2D eigenvalue weighted by atomic mass is 10.0. The van der Waals surface area contributed by atoms with Crippen molar-refractivity contribution in [3.05, 3.63) is 50.6 Å². The molecule has 1 aromatic heterocycles. The minimum Gasteiger partial charge on any atom is -0.483 e. The van der Waals surface area contributed by atoms with Crippen molar-refractivity contribution in [2.24, 2.45) is 5.73 Å². The summed E-state index contributed by atoms with van der Waals surface area (Å²) in [5.41, 5.74) is 7.57. The standard InChI is InChI=1S/C17H22BrNOS/c1-4-14(19)17(15-9-10-16(18)21-15)20-13-7-5-12(6-8-13)11(2)3/h5-11,14,17H,4,19H2,1-3H3. The van der Waals surface area contributed by atoms with Crippen LogP contribution < -0.4 is 10.5 Å². The van der Waals surface area contributed by atoms with Gasteiger partial charge in [-0.3, -0.25) is 0 Å². The van der Waals surface area contributed by atoms with E-state index in [9.17, 15) is 0 Å². The predicted molar refractivity (Wildman–Crippen MR) is 94.2 cm³/mol. The molecule has 0 aliphatic carbocycles. The number of nitrogens with two attached hydrogens (primary N) is 1. The highest BCUT2D eigenvalue weighted by Gasteiger charge is 2.22. The largest absolute Gasteiger partial charge is 0.483 e. The second kappa shape index (κ2) is 7.43. The molecule has 0 saturated heterocycles. The lowest BCUT2D eigenvalue weighted by Gasteiger charge is -2.23. The molecule has 2 rings (SSSR count). The number of benzene rings is 1. The quantitative estimate of drug-likeness (QED) is 0.732. The van der Waals surface area contributed by atoms with E-state index in [-0.39, 0.29) is 12.1 Å². The molecule has 0 aliphatic heterocycles. The van der Waals surface area contributed by atoms with Crippen molar-refractivity contribution in [3.63, 3.8) is 0 Å². The fourth-order valence-corrected chi connectivity index (χ4v) is 3.66. The van der Waals surface area contributed by atoms with E-state index < -0.39 is 0 Å². The molecule has 2 unspecified atom stereocenters. The first kappa shape index (κ1) is 16.5. The fraction of sp³-hybridized carbons (Fsp3) is 0.412. The van der Waals surface area contributed by atoms with Crippen LogP contribution in [0.15, 0.2) is 40.2 Å². The van der Waals surface area contributed by atoms with Crippen LogP contribution in [0.25, 0.3) is 0 Å². The third-order valence-electron chi connectivity index (χ3n) is 3.54. The molecule has 4 heteroatoms. The maximum atomic E-state index is 6.25. The van der Waals surface area contributed by atoms with Gasteiger partial charge < -0.3 is 10.5 Å². The first-order valence-electron chi connectivity index (χ1n) is 7.28. The van der Waals surface area contributed by atoms with E-state index in [1.165, 1.54) is 5.56 Å². The van der Waals surface area contributed by atoms with E-state index >= 15 is 0 Å². The monoisotopic (exact) mass is 367 g/mol. The molecule has 0 saturated carbocycles. The molecule has 21 heavy (non-hydrogen) atoms. The highest BCUT2D eigenvalue weighted by atomic mass is 79.9. The van der Waals surface area contributed by atoms with E-state index in [0.29, 0.717) is 5.92 Å². The Hall–Kier alpha value is -0.840. The van der Waals surface area contributed by atoms with Gasteiger partial charge >= 0.3 is 0 Å². The summed E-state index contributed by atoms with van der Waals surface area (Å²) < 4.78 is 7.27. The number of ether oxygens (including phenoxy) is 1. The summed E-state index contributed by atoms with van der Waals surface area (Å²) in [5, 5.41) is 0. The average molecular weight is 368 g/mol. The van der Waals surface area contributed by atoms with Crippen LogP contribution in [0, 0.1) is 0 Å². The molecule has 0 fully saturated rings. The van der Waals surface area contributed by atoms with E-state index in [1.807, 2.05) is 18.2 Å². The fourth-order valence-electron chi connectivity index (χ4n) is 2.13. The van der Waals surface area contributed by atoms with Crippen molar-refractivity contribution in [2.45, 2.75) is 45.3 Å². The second-order valence-electron chi connectivity index (χ2n) is 5.48. The molecule has 0 bridgehead atoms. The van der Waals surface area contributed by atoms with Gasteiger partial charge in [0.15, 0.2) is 0 Å². The Kier molecular flexibility index (Phi) is 5.85. The minimum absolute atomic E-state index is 0.0136. The van der Waals surface area contributed by atoms with E-state index in [2.05, 4.69) is 54.9 Å². The van der Waals surface area contributed by atoms with Crippen LogP contribution in [0.2, 0.25) is 0 Å². The van der Waals surface area contributed by atoms with Gasteiger partial charge in [0.25, 0.3) is 0 Å². The molecular formula is C17H22BrNOS.